The number of nitrogens with one attached hydrogen (secondary N) is 1. The van der Waals surface area contributed by atoms with E-state index in [1.165, 1.54) is 17.4 Å². The van der Waals surface area contributed by atoms with Gasteiger partial charge in [-0.2, -0.15) is 0 Å². The molecular weight excluding hydrogens is 276 g/mol. The fraction of sp³-hybridized carbons (Fsp3) is 0.0769. The first-order valence-corrected chi connectivity index (χ1v) is 6.65. The summed E-state index contributed by atoms with van der Waals surface area (Å²) >= 11 is 1.52. The van der Waals surface area contributed by atoms with Crippen LogP contribution in [-0.4, -0.2) is 11.8 Å². The summed E-state index contributed by atoms with van der Waals surface area (Å²) in [7, 11) is 0. The number of benzene rings is 1. The Morgan fingerprint density at radius 2 is 1.70 bits per heavy atom. The van der Waals surface area contributed by atoms with Gasteiger partial charge in [0.15, 0.2) is 0 Å². The van der Waals surface area contributed by atoms with Crippen molar-refractivity contribution in [2.45, 2.75) is 6.54 Å². The lowest BCUT2D eigenvalue weighted by molar-refractivity contribution is 0.0999. The van der Waals surface area contributed by atoms with Gasteiger partial charge in [-0.05, 0) is 29.6 Å². The summed E-state index contributed by atoms with van der Waals surface area (Å²) in [6.07, 6.45) is 0. The largest absolute Gasteiger partial charge is 0.398 e. The quantitative estimate of drug-likeness (QED) is 0.659. The minimum absolute atomic E-state index is 0.225. The van der Waals surface area contributed by atoms with E-state index >= 15 is 0 Å². The molecule has 0 fully saturated rings. The Morgan fingerprint density at radius 3 is 2.15 bits per heavy atom. The predicted molar refractivity (Wildman–Crippen MR) is 79.5 cm³/mol. The molecule has 2 aromatic rings. The molecule has 0 aliphatic heterocycles. The first kappa shape index (κ1) is 13.9. The zero-order valence-corrected chi connectivity index (χ0v) is 11.4. The number of nitrogens with two attached hydrogens (primary N) is 3. The molecule has 0 saturated heterocycles. The topological polar surface area (TPSA) is 124 Å². The highest BCUT2D eigenvalue weighted by Gasteiger charge is 2.09. The van der Waals surface area contributed by atoms with Crippen molar-refractivity contribution < 1.29 is 9.59 Å². The van der Waals surface area contributed by atoms with Crippen LogP contribution in [0.15, 0.2) is 29.6 Å². The molecule has 0 unspecified atom stereocenters. The maximum atomic E-state index is 11.2. The summed E-state index contributed by atoms with van der Waals surface area (Å²) < 4.78 is 0. The molecule has 0 saturated carbocycles. The number of nitrogen functional groups attached to an aromatic ring is 1. The van der Waals surface area contributed by atoms with Gasteiger partial charge in [-0.25, -0.2) is 0 Å². The predicted octanol–water partition coefficient (Wildman–Crippen LogP) is 1.14. The molecule has 0 aliphatic rings. The number of hydrogen-bond donors (Lipinski definition) is 4. The molecule has 0 bridgehead atoms. The van der Waals surface area contributed by atoms with Gasteiger partial charge in [-0.1, -0.05) is 0 Å². The summed E-state index contributed by atoms with van der Waals surface area (Å²) in [5.41, 5.74) is 18.0. The van der Waals surface area contributed by atoms with E-state index in [1.54, 1.807) is 12.1 Å². The van der Waals surface area contributed by atoms with Crippen LogP contribution in [0.3, 0.4) is 0 Å². The van der Waals surface area contributed by atoms with Crippen molar-refractivity contribution >= 4 is 34.5 Å². The van der Waals surface area contributed by atoms with E-state index in [9.17, 15) is 9.59 Å². The molecule has 1 aromatic heterocycles. The van der Waals surface area contributed by atoms with Gasteiger partial charge in [0.05, 0.1) is 6.54 Å². The van der Waals surface area contributed by atoms with Crippen LogP contribution in [0.5, 0.6) is 0 Å². The number of anilines is 2. The van der Waals surface area contributed by atoms with Crippen molar-refractivity contribution in [3.63, 3.8) is 0 Å². The Kier molecular flexibility index (Phi) is 3.90. The third kappa shape index (κ3) is 3.07. The summed E-state index contributed by atoms with van der Waals surface area (Å²) in [5, 5.41) is 4.98. The van der Waals surface area contributed by atoms with Gasteiger partial charge in [0.25, 0.3) is 0 Å². The highest BCUT2D eigenvalue weighted by Crippen LogP contribution is 2.21. The van der Waals surface area contributed by atoms with Crippen LogP contribution >= 0.6 is 11.3 Å². The minimum Gasteiger partial charge on any atom is -0.398 e. The normalized spacial score (nSPS) is 10.2. The summed E-state index contributed by atoms with van der Waals surface area (Å²) in [6.45, 7) is 0.490. The third-order valence-electron chi connectivity index (χ3n) is 2.73. The van der Waals surface area contributed by atoms with Crippen LogP contribution in [-0.2, 0) is 6.54 Å². The number of thiophene rings is 1. The maximum absolute atomic E-state index is 11.2. The lowest BCUT2D eigenvalue weighted by Crippen LogP contribution is -2.16. The van der Waals surface area contributed by atoms with Crippen LogP contribution in [0.25, 0.3) is 0 Å². The molecule has 0 spiro atoms. The standard InChI is InChI=1S/C13H14N4O2S/c14-10-1-2-20-11(10)6-17-9-4-7(12(15)18)3-8(5-9)13(16)19/h1-5,17H,6,14H2,(H2,15,18)(H2,16,19). The number of carbonyl (C=O) groups is 2. The maximum Gasteiger partial charge on any atom is 0.248 e. The molecule has 1 aromatic carbocycles. The van der Waals surface area contributed by atoms with Gasteiger partial charge in [-0.15, -0.1) is 11.3 Å². The molecule has 6 nitrogen and oxygen atoms in total. The molecular formula is C13H14N4O2S. The lowest BCUT2D eigenvalue weighted by Gasteiger charge is -2.09. The lowest BCUT2D eigenvalue weighted by atomic mass is 10.1. The smallest absolute Gasteiger partial charge is 0.248 e. The molecule has 0 radical (unpaired) electrons. The second kappa shape index (κ2) is 5.62. The van der Waals surface area contributed by atoms with Gasteiger partial charge in [0, 0.05) is 27.4 Å². The molecule has 2 amide bonds. The van der Waals surface area contributed by atoms with Gasteiger partial charge >= 0.3 is 0 Å². The number of amides is 2. The summed E-state index contributed by atoms with van der Waals surface area (Å²) in [5.74, 6) is -1.24. The van der Waals surface area contributed by atoms with Crippen molar-refractivity contribution in [1.82, 2.24) is 0 Å². The van der Waals surface area contributed by atoms with E-state index in [2.05, 4.69) is 5.32 Å². The average Bonchev–Trinajstić information content (AvgIpc) is 2.81. The van der Waals surface area contributed by atoms with E-state index in [-0.39, 0.29) is 11.1 Å². The van der Waals surface area contributed by atoms with E-state index in [4.69, 9.17) is 17.2 Å². The zero-order valence-electron chi connectivity index (χ0n) is 10.6. The van der Waals surface area contributed by atoms with Crippen molar-refractivity contribution in [3.05, 3.63) is 45.6 Å². The van der Waals surface area contributed by atoms with E-state index < -0.39 is 11.8 Å². The van der Waals surface area contributed by atoms with E-state index in [1.807, 2.05) is 11.4 Å². The minimum atomic E-state index is -0.619. The zero-order chi connectivity index (χ0) is 14.7. The summed E-state index contributed by atoms with van der Waals surface area (Å²) in [6, 6.07) is 6.32. The van der Waals surface area contributed by atoms with Crippen molar-refractivity contribution in [2.24, 2.45) is 11.5 Å². The molecule has 0 atom stereocenters. The molecule has 20 heavy (non-hydrogen) atoms. The first-order valence-electron chi connectivity index (χ1n) is 5.78. The fourth-order valence-electron chi connectivity index (χ4n) is 1.69. The van der Waals surface area contributed by atoms with E-state index in [0.717, 1.165) is 4.88 Å². The number of carbonyl (C=O) groups excluding carboxylic acids is 2. The molecule has 104 valence electrons. The Morgan fingerprint density at radius 1 is 1.10 bits per heavy atom. The Labute approximate surface area is 119 Å². The monoisotopic (exact) mass is 290 g/mol. The Balaban J connectivity index is 2.24. The van der Waals surface area contributed by atoms with Crippen LogP contribution in [0.1, 0.15) is 25.6 Å². The molecule has 0 aliphatic carbocycles. The number of rotatable bonds is 5. The number of primary amides is 2. The molecule has 1 heterocycles. The van der Waals surface area contributed by atoms with Gasteiger partial charge < -0.3 is 22.5 Å². The highest BCUT2D eigenvalue weighted by molar-refractivity contribution is 7.10. The van der Waals surface area contributed by atoms with Gasteiger partial charge in [0.1, 0.15) is 0 Å². The van der Waals surface area contributed by atoms with Crippen LogP contribution < -0.4 is 22.5 Å². The number of hydrogen-bond acceptors (Lipinski definition) is 5. The van der Waals surface area contributed by atoms with Crippen LogP contribution in [0.2, 0.25) is 0 Å². The van der Waals surface area contributed by atoms with Gasteiger partial charge in [0.2, 0.25) is 11.8 Å². The van der Waals surface area contributed by atoms with Crippen molar-refractivity contribution in [3.8, 4) is 0 Å². The SMILES string of the molecule is NC(=O)c1cc(NCc2sccc2N)cc(C(N)=O)c1. The molecule has 2 rings (SSSR count). The third-order valence-corrected chi connectivity index (χ3v) is 3.67. The van der Waals surface area contributed by atoms with E-state index in [0.29, 0.717) is 17.9 Å². The van der Waals surface area contributed by atoms with Crippen LogP contribution in [0, 0.1) is 0 Å². The summed E-state index contributed by atoms with van der Waals surface area (Å²) in [4.78, 5) is 23.4. The fourth-order valence-corrected chi connectivity index (χ4v) is 2.43. The molecule has 7 N–H and O–H groups in total. The Bertz CT molecular complexity index is 634. The molecule has 7 heteroatoms. The highest BCUT2D eigenvalue weighted by atomic mass is 32.1. The second-order valence-electron chi connectivity index (χ2n) is 4.18. The second-order valence-corrected chi connectivity index (χ2v) is 5.18. The van der Waals surface area contributed by atoms with Crippen LogP contribution in [0.4, 0.5) is 11.4 Å². The van der Waals surface area contributed by atoms with Crippen molar-refractivity contribution in [1.29, 1.82) is 0 Å². The van der Waals surface area contributed by atoms with Crippen molar-refractivity contribution in [2.75, 3.05) is 11.1 Å². The average molecular weight is 290 g/mol. The Hall–Kier alpha value is -2.54. The first-order chi connectivity index (χ1) is 9.47. The van der Waals surface area contributed by atoms with Gasteiger partial charge in [-0.3, -0.25) is 9.59 Å².